The molecular weight excluding hydrogens is 487 g/mol. The van der Waals surface area contributed by atoms with Crippen molar-refractivity contribution < 1.29 is 27.8 Å². The molecular formula is C26H34F3N5O3. The molecule has 2 aliphatic heterocycles. The summed E-state index contributed by atoms with van der Waals surface area (Å²) in [6.45, 7) is 7.07. The van der Waals surface area contributed by atoms with Gasteiger partial charge in [0.1, 0.15) is 11.6 Å². The Morgan fingerprint density at radius 3 is 2.68 bits per heavy atom. The summed E-state index contributed by atoms with van der Waals surface area (Å²) >= 11 is 0. The predicted molar refractivity (Wildman–Crippen MR) is 137 cm³/mol. The molecule has 8 nitrogen and oxygen atoms in total. The van der Waals surface area contributed by atoms with E-state index in [1.165, 1.54) is 4.90 Å². The third-order valence-corrected chi connectivity index (χ3v) is 6.62. The number of alkyl halides is 3. The molecule has 2 saturated heterocycles. The number of rotatable bonds is 7. The normalized spacial score (nSPS) is 19.1. The van der Waals surface area contributed by atoms with Crippen LogP contribution in [0, 0.1) is 12.8 Å². The number of halogens is 3. The van der Waals surface area contributed by atoms with E-state index in [1.807, 2.05) is 31.2 Å². The monoisotopic (exact) mass is 521 g/mol. The lowest BCUT2D eigenvalue weighted by Crippen LogP contribution is -2.36. The van der Waals surface area contributed by atoms with Crippen molar-refractivity contribution in [2.24, 2.45) is 5.92 Å². The number of nitrogens with one attached hydrogen (secondary N) is 2. The maximum atomic E-state index is 12.8. The molecule has 202 valence electrons. The Kier molecular flexibility index (Phi) is 8.43. The molecule has 0 bridgehead atoms. The Bertz CT molecular complexity index is 1090. The lowest BCUT2D eigenvalue weighted by atomic mass is 10.00. The minimum Gasteiger partial charge on any atom is -0.392 e. The van der Waals surface area contributed by atoms with Crippen LogP contribution in [-0.2, 0) is 4.74 Å². The molecule has 37 heavy (non-hydrogen) atoms. The first-order chi connectivity index (χ1) is 17.6. The van der Waals surface area contributed by atoms with Crippen molar-refractivity contribution in [1.82, 2.24) is 9.88 Å². The van der Waals surface area contributed by atoms with Gasteiger partial charge in [-0.15, -0.1) is 0 Å². The number of aliphatic hydroxyl groups is 1. The number of pyridine rings is 1. The summed E-state index contributed by atoms with van der Waals surface area (Å²) in [5.41, 5.74) is 3.34. The number of amides is 2. The zero-order valence-electron chi connectivity index (χ0n) is 21.1. The Labute approximate surface area is 214 Å². The van der Waals surface area contributed by atoms with Crippen LogP contribution >= 0.6 is 0 Å². The maximum absolute atomic E-state index is 12.8. The fourth-order valence-corrected chi connectivity index (χ4v) is 4.69. The number of aliphatic hydroxyl groups excluding tert-OH is 1. The molecule has 3 N–H and O–H groups in total. The van der Waals surface area contributed by atoms with E-state index in [2.05, 4.69) is 15.5 Å². The van der Waals surface area contributed by atoms with Gasteiger partial charge in [-0.05, 0) is 67.1 Å². The van der Waals surface area contributed by atoms with Gasteiger partial charge in [-0.1, -0.05) is 6.07 Å². The molecule has 1 aromatic heterocycles. The van der Waals surface area contributed by atoms with Gasteiger partial charge < -0.3 is 30.3 Å². The van der Waals surface area contributed by atoms with Crippen molar-refractivity contribution in [1.29, 1.82) is 0 Å². The van der Waals surface area contributed by atoms with Crippen molar-refractivity contribution >= 4 is 23.4 Å². The number of morpholine rings is 1. The molecule has 0 spiro atoms. The van der Waals surface area contributed by atoms with Gasteiger partial charge in [0.2, 0.25) is 0 Å². The van der Waals surface area contributed by atoms with Gasteiger partial charge in [0.15, 0.2) is 0 Å². The van der Waals surface area contributed by atoms with E-state index < -0.39 is 30.7 Å². The number of hydrogen-bond acceptors (Lipinski definition) is 6. The molecule has 2 amide bonds. The van der Waals surface area contributed by atoms with Gasteiger partial charge in [-0.25, -0.2) is 9.78 Å². The number of likely N-dealkylation sites (tertiary alicyclic amines) is 1. The van der Waals surface area contributed by atoms with Crippen LogP contribution in [0.2, 0.25) is 0 Å². The van der Waals surface area contributed by atoms with Crippen molar-refractivity contribution in [2.75, 3.05) is 61.5 Å². The van der Waals surface area contributed by atoms with Crippen LogP contribution in [-0.4, -0.2) is 79.2 Å². The van der Waals surface area contributed by atoms with Gasteiger partial charge in [-0.2, -0.15) is 13.2 Å². The van der Waals surface area contributed by atoms with Crippen LogP contribution in [0.25, 0.3) is 11.1 Å². The first-order valence-electron chi connectivity index (χ1n) is 12.6. The largest absolute Gasteiger partial charge is 0.392 e. The summed E-state index contributed by atoms with van der Waals surface area (Å²) in [7, 11) is 0. The van der Waals surface area contributed by atoms with E-state index in [-0.39, 0.29) is 6.54 Å². The minimum atomic E-state index is -4.23. The Balaban J connectivity index is 1.54. The number of carbonyl (C=O) groups is 1. The fraction of sp³-hybridized carbons (Fsp3) is 0.538. The third kappa shape index (κ3) is 7.48. The summed E-state index contributed by atoms with van der Waals surface area (Å²) in [6, 6.07) is 9.06. The summed E-state index contributed by atoms with van der Waals surface area (Å²) < 4.78 is 43.7. The number of anilines is 3. The molecule has 3 heterocycles. The number of aromatic nitrogens is 1. The zero-order valence-corrected chi connectivity index (χ0v) is 21.1. The first kappa shape index (κ1) is 27.0. The van der Waals surface area contributed by atoms with Crippen molar-refractivity contribution in [2.45, 2.75) is 39.0 Å². The van der Waals surface area contributed by atoms with E-state index in [4.69, 9.17) is 9.72 Å². The first-order valence-corrected chi connectivity index (χ1v) is 12.6. The number of hydrogen-bond donors (Lipinski definition) is 3. The highest BCUT2D eigenvalue weighted by atomic mass is 19.4. The Hall–Kier alpha value is -3.05. The van der Waals surface area contributed by atoms with Gasteiger partial charge in [0, 0.05) is 44.8 Å². The van der Waals surface area contributed by atoms with E-state index >= 15 is 0 Å². The van der Waals surface area contributed by atoms with E-state index in [0.29, 0.717) is 57.3 Å². The molecule has 2 aliphatic rings. The van der Waals surface area contributed by atoms with Crippen LogP contribution in [0.5, 0.6) is 0 Å². The highest BCUT2D eigenvalue weighted by Gasteiger charge is 2.36. The van der Waals surface area contributed by atoms with Gasteiger partial charge >= 0.3 is 12.2 Å². The third-order valence-electron chi connectivity index (χ3n) is 6.62. The molecule has 4 rings (SSSR count). The minimum absolute atomic E-state index is 0.0929. The highest BCUT2D eigenvalue weighted by Crippen LogP contribution is 2.33. The molecule has 11 heteroatoms. The molecule has 1 aromatic carbocycles. The van der Waals surface area contributed by atoms with Crippen LogP contribution in [0.4, 0.5) is 35.3 Å². The zero-order chi connectivity index (χ0) is 26.6. The van der Waals surface area contributed by atoms with Crippen molar-refractivity contribution in [3.8, 4) is 11.1 Å². The fourth-order valence-electron chi connectivity index (χ4n) is 4.69. The van der Waals surface area contributed by atoms with Gasteiger partial charge in [-0.3, -0.25) is 0 Å². The topological polar surface area (TPSA) is 90.0 Å². The van der Waals surface area contributed by atoms with Gasteiger partial charge in [0.05, 0.1) is 19.3 Å². The average Bonchev–Trinajstić information content (AvgIpc) is 3.31. The average molecular weight is 522 g/mol. The Morgan fingerprint density at radius 2 is 1.97 bits per heavy atom. The van der Waals surface area contributed by atoms with Crippen LogP contribution in [0.1, 0.15) is 25.3 Å². The van der Waals surface area contributed by atoms with Gasteiger partial charge in [0.25, 0.3) is 0 Å². The molecule has 2 aromatic rings. The maximum Gasteiger partial charge on any atom is 0.389 e. The molecule has 2 atom stereocenters. The summed E-state index contributed by atoms with van der Waals surface area (Å²) in [5, 5.41) is 15.8. The summed E-state index contributed by atoms with van der Waals surface area (Å²) in [6.07, 6.45) is -5.30. The van der Waals surface area contributed by atoms with Crippen LogP contribution in [0.3, 0.4) is 0 Å². The van der Waals surface area contributed by atoms with Crippen LogP contribution < -0.4 is 15.5 Å². The van der Waals surface area contributed by atoms with Crippen molar-refractivity contribution in [3.05, 3.63) is 35.9 Å². The molecule has 0 aliphatic carbocycles. The number of ether oxygens (including phenoxy) is 1. The number of carbonyl (C=O) groups excluding carboxylic acids is 1. The number of aryl methyl sites for hydroxylation is 1. The molecule has 2 fully saturated rings. The summed E-state index contributed by atoms with van der Waals surface area (Å²) in [5.74, 6) is 0.847. The lowest BCUT2D eigenvalue weighted by Gasteiger charge is -2.28. The second-order valence-corrected chi connectivity index (χ2v) is 9.81. The standard InChI is InChI=1S/C26H34F3N5O3/c1-17-3-4-21(31-25(36)34-6-5-19(16-34)14-26(27,28)29)13-22(17)20-11-23(30-15-18(2)35)32-24(12-20)33-7-9-37-10-8-33/h3-4,11-13,18-19,35H,5-10,14-16H2,1-2H3,(H,30,32)(H,31,36)/t18-,19?/m0/s1. The predicted octanol–water partition coefficient (Wildman–Crippen LogP) is 4.49. The smallest absolute Gasteiger partial charge is 0.389 e. The summed E-state index contributed by atoms with van der Waals surface area (Å²) in [4.78, 5) is 21.1. The van der Waals surface area contributed by atoms with E-state index in [1.54, 1.807) is 13.0 Å². The number of nitrogens with zero attached hydrogens (tertiary/aromatic N) is 3. The number of urea groups is 1. The second-order valence-electron chi connectivity index (χ2n) is 9.81. The van der Waals surface area contributed by atoms with E-state index in [0.717, 1.165) is 22.5 Å². The second kappa shape index (κ2) is 11.6. The number of benzene rings is 1. The van der Waals surface area contributed by atoms with Crippen molar-refractivity contribution in [3.63, 3.8) is 0 Å². The molecule has 0 radical (unpaired) electrons. The van der Waals surface area contributed by atoms with E-state index in [9.17, 15) is 23.1 Å². The quantitative estimate of drug-likeness (QED) is 0.498. The molecule has 0 saturated carbocycles. The molecule has 1 unspecified atom stereocenters. The lowest BCUT2D eigenvalue weighted by molar-refractivity contribution is -0.143. The van der Waals surface area contributed by atoms with Crippen LogP contribution in [0.15, 0.2) is 30.3 Å². The highest BCUT2D eigenvalue weighted by molar-refractivity contribution is 5.91. The SMILES string of the molecule is Cc1ccc(NC(=O)N2CCC(CC(F)(F)F)C2)cc1-c1cc(NC[C@H](C)O)nc(N2CCOCC2)c1. The Morgan fingerprint density at radius 1 is 1.22 bits per heavy atom.